The first-order valence-corrected chi connectivity index (χ1v) is 6.36. The lowest BCUT2D eigenvalue weighted by Gasteiger charge is -2.08. The Bertz CT molecular complexity index is 633. The molecule has 2 aromatic rings. The minimum absolute atomic E-state index is 0.0554. The van der Waals surface area contributed by atoms with Gasteiger partial charge in [0.1, 0.15) is 5.75 Å². The molecule has 0 aliphatic heterocycles. The topological polar surface area (TPSA) is 26.3 Å². The fraction of sp³-hybridized carbons (Fsp3) is 0.188. The normalized spacial score (nSPS) is 10.3. The average Bonchev–Trinajstić information content (AvgIpc) is 2.41. The third-order valence-electron chi connectivity index (χ3n) is 3.10. The van der Waals surface area contributed by atoms with E-state index in [-0.39, 0.29) is 5.78 Å². The number of aryl methyl sites for hydroxylation is 2. The number of ketones is 1. The Balaban J connectivity index is 2.41. The number of ether oxygens (including phenoxy) is 1. The van der Waals surface area contributed by atoms with E-state index < -0.39 is 0 Å². The number of carbonyl (C=O) groups excluding carboxylic acids is 1. The zero-order chi connectivity index (χ0) is 14.0. The maximum absolute atomic E-state index is 12.4. The molecule has 0 N–H and O–H groups in total. The average molecular weight is 275 g/mol. The predicted molar refractivity (Wildman–Crippen MR) is 77.4 cm³/mol. The van der Waals surface area contributed by atoms with E-state index in [1.54, 1.807) is 31.4 Å². The highest BCUT2D eigenvalue weighted by atomic mass is 35.5. The third kappa shape index (κ3) is 2.79. The van der Waals surface area contributed by atoms with Crippen LogP contribution < -0.4 is 4.74 Å². The van der Waals surface area contributed by atoms with E-state index in [1.807, 2.05) is 26.0 Å². The van der Waals surface area contributed by atoms with Gasteiger partial charge in [0, 0.05) is 16.1 Å². The monoisotopic (exact) mass is 274 g/mol. The Hall–Kier alpha value is -1.80. The molecule has 98 valence electrons. The van der Waals surface area contributed by atoms with Crippen LogP contribution in [0.3, 0.4) is 0 Å². The molecule has 19 heavy (non-hydrogen) atoms. The third-order valence-corrected chi connectivity index (χ3v) is 3.51. The van der Waals surface area contributed by atoms with E-state index in [4.69, 9.17) is 16.3 Å². The SMILES string of the molecule is COc1cc(C(=O)c2ccc(C)c(Cl)c2)ccc1C. The number of halogens is 1. The van der Waals surface area contributed by atoms with Crippen LogP contribution in [0.4, 0.5) is 0 Å². The molecule has 2 aromatic carbocycles. The molecule has 0 radical (unpaired) electrons. The van der Waals surface area contributed by atoms with Crippen molar-refractivity contribution in [2.75, 3.05) is 7.11 Å². The first-order chi connectivity index (χ1) is 9.02. The molecule has 3 heteroatoms. The second-order valence-corrected chi connectivity index (χ2v) is 4.88. The molecule has 0 fully saturated rings. The molecule has 0 aliphatic carbocycles. The van der Waals surface area contributed by atoms with Gasteiger partial charge >= 0.3 is 0 Å². The van der Waals surface area contributed by atoms with E-state index in [0.29, 0.717) is 21.9 Å². The predicted octanol–water partition coefficient (Wildman–Crippen LogP) is 4.20. The molecule has 0 saturated heterocycles. The van der Waals surface area contributed by atoms with Crippen LogP contribution in [0.1, 0.15) is 27.0 Å². The van der Waals surface area contributed by atoms with Gasteiger partial charge in [0.15, 0.2) is 5.78 Å². The summed E-state index contributed by atoms with van der Waals surface area (Å²) in [6.07, 6.45) is 0. The zero-order valence-electron chi connectivity index (χ0n) is 11.2. The van der Waals surface area contributed by atoms with Gasteiger partial charge in [0.05, 0.1) is 7.11 Å². The van der Waals surface area contributed by atoms with Crippen molar-refractivity contribution in [2.24, 2.45) is 0 Å². The molecule has 0 bridgehead atoms. The molecular weight excluding hydrogens is 260 g/mol. The van der Waals surface area contributed by atoms with Crippen LogP contribution in [0.5, 0.6) is 5.75 Å². The van der Waals surface area contributed by atoms with E-state index in [1.165, 1.54) is 0 Å². The number of methoxy groups -OCH3 is 1. The van der Waals surface area contributed by atoms with Crippen molar-refractivity contribution in [1.29, 1.82) is 0 Å². The summed E-state index contributed by atoms with van der Waals surface area (Å²) >= 11 is 6.05. The minimum Gasteiger partial charge on any atom is -0.496 e. The van der Waals surface area contributed by atoms with Crippen LogP contribution in [0.2, 0.25) is 5.02 Å². The smallest absolute Gasteiger partial charge is 0.193 e. The summed E-state index contributed by atoms with van der Waals surface area (Å²) in [5.41, 5.74) is 3.14. The summed E-state index contributed by atoms with van der Waals surface area (Å²) in [5.74, 6) is 0.657. The molecule has 0 heterocycles. The summed E-state index contributed by atoms with van der Waals surface area (Å²) in [5, 5.41) is 0.602. The number of benzene rings is 2. The first-order valence-electron chi connectivity index (χ1n) is 5.98. The molecule has 0 saturated carbocycles. The van der Waals surface area contributed by atoms with Crippen molar-refractivity contribution in [3.63, 3.8) is 0 Å². The Kier molecular flexibility index (Phi) is 3.91. The molecular formula is C16H15ClO2. The van der Waals surface area contributed by atoms with Gasteiger partial charge in [0.25, 0.3) is 0 Å². The summed E-state index contributed by atoms with van der Waals surface area (Å²) < 4.78 is 5.24. The van der Waals surface area contributed by atoms with Crippen molar-refractivity contribution in [2.45, 2.75) is 13.8 Å². The Morgan fingerprint density at radius 3 is 2.16 bits per heavy atom. The lowest BCUT2D eigenvalue weighted by atomic mass is 10.0. The van der Waals surface area contributed by atoms with Gasteiger partial charge in [-0.15, -0.1) is 0 Å². The summed E-state index contributed by atoms with van der Waals surface area (Å²) in [6.45, 7) is 3.85. The Morgan fingerprint density at radius 1 is 1.00 bits per heavy atom. The lowest BCUT2D eigenvalue weighted by Crippen LogP contribution is -2.02. The maximum Gasteiger partial charge on any atom is 0.193 e. The van der Waals surface area contributed by atoms with Crippen molar-refractivity contribution < 1.29 is 9.53 Å². The van der Waals surface area contributed by atoms with Crippen LogP contribution in [-0.2, 0) is 0 Å². The molecule has 2 nitrogen and oxygen atoms in total. The number of rotatable bonds is 3. The van der Waals surface area contributed by atoms with Gasteiger partial charge in [0.2, 0.25) is 0 Å². The largest absolute Gasteiger partial charge is 0.496 e. The number of hydrogen-bond acceptors (Lipinski definition) is 2. The van der Waals surface area contributed by atoms with E-state index in [0.717, 1.165) is 11.1 Å². The molecule has 0 unspecified atom stereocenters. The first kappa shape index (κ1) is 13.6. The fourth-order valence-corrected chi connectivity index (χ4v) is 2.04. The second-order valence-electron chi connectivity index (χ2n) is 4.48. The Morgan fingerprint density at radius 2 is 1.58 bits per heavy atom. The van der Waals surface area contributed by atoms with Crippen LogP contribution in [-0.4, -0.2) is 12.9 Å². The molecule has 0 aliphatic rings. The van der Waals surface area contributed by atoms with Gasteiger partial charge in [-0.25, -0.2) is 0 Å². The van der Waals surface area contributed by atoms with Gasteiger partial charge in [-0.05, 0) is 37.1 Å². The van der Waals surface area contributed by atoms with Crippen LogP contribution in [0, 0.1) is 13.8 Å². The zero-order valence-corrected chi connectivity index (χ0v) is 11.9. The standard InChI is InChI=1S/C16H15ClO2/c1-10-4-6-12(8-14(10)17)16(18)13-7-5-11(2)15(9-13)19-3/h4-9H,1-3H3. The molecule has 0 spiro atoms. The van der Waals surface area contributed by atoms with Crippen LogP contribution in [0.25, 0.3) is 0 Å². The van der Waals surface area contributed by atoms with E-state index in [9.17, 15) is 4.79 Å². The van der Waals surface area contributed by atoms with Gasteiger partial charge < -0.3 is 4.74 Å². The van der Waals surface area contributed by atoms with Gasteiger partial charge in [-0.1, -0.05) is 35.9 Å². The summed E-state index contributed by atoms with van der Waals surface area (Å²) in [4.78, 5) is 12.4. The van der Waals surface area contributed by atoms with Crippen molar-refractivity contribution in [3.8, 4) is 5.75 Å². The highest BCUT2D eigenvalue weighted by Gasteiger charge is 2.12. The number of hydrogen-bond donors (Lipinski definition) is 0. The molecule has 2 rings (SSSR count). The minimum atomic E-state index is -0.0554. The maximum atomic E-state index is 12.4. The highest BCUT2D eigenvalue weighted by Crippen LogP contribution is 2.23. The van der Waals surface area contributed by atoms with Gasteiger partial charge in [-0.3, -0.25) is 4.79 Å². The van der Waals surface area contributed by atoms with Crippen LogP contribution >= 0.6 is 11.6 Å². The molecule has 0 atom stereocenters. The van der Waals surface area contributed by atoms with E-state index >= 15 is 0 Å². The van der Waals surface area contributed by atoms with E-state index in [2.05, 4.69) is 0 Å². The van der Waals surface area contributed by atoms with Crippen molar-refractivity contribution in [3.05, 3.63) is 63.7 Å². The fourth-order valence-electron chi connectivity index (χ4n) is 1.86. The number of carbonyl (C=O) groups is 1. The lowest BCUT2D eigenvalue weighted by molar-refractivity contribution is 0.103. The van der Waals surface area contributed by atoms with Crippen molar-refractivity contribution in [1.82, 2.24) is 0 Å². The van der Waals surface area contributed by atoms with Crippen molar-refractivity contribution >= 4 is 17.4 Å². The highest BCUT2D eigenvalue weighted by molar-refractivity contribution is 6.31. The quantitative estimate of drug-likeness (QED) is 0.784. The summed E-state index contributed by atoms with van der Waals surface area (Å²) in [7, 11) is 1.60. The molecule has 0 aromatic heterocycles. The second kappa shape index (κ2) is 5.45. The van der Waals surface area contributed by atoms with Gasteiger partial charge in [-0.2, -0.15) is 0 Å². The molecule has 0 amide bonds. The summed E-state index contributed by atoms with van der Waals surface area (Å²) in [6, 6.07) is 10.8. The Labute approximate surface area is 118 Å². The van der Waals surface area contributed by atoms with Crippen LogP contribution in [0.15, 0.2) is 36.4 Å².